The SMILES string of the molecule is COC(=O)N1CCC(NCc2cccc(C#N)c2)CC1. The summed E-state index contributed by atoms with van der Waals surface area (Å²) in [5, 5.41) is 12.3. The van der Waals surface area contributed by atoms with Crippen molar-refractivity contribution in [3.05, 3.63) is 35.4 Å². The van der Waals surface area contributed by atoms with Crippen LogP contribution >= 0.6 is 0 Å². The molecule has 1 aromatic rings. The highest BCUT2D eigenvalue weighted by molar-refractivity contribution is 5.67. The monoisotopic (exact) mass is 273 g/mol. The Hall–Kier alpha value is -2.06. The molecule has 1 amide bonds. The highest BCUT2D eigenvalue weighted by atomic mass is 16.5. The van der Waals surface area contributed by atoms with E-state index in [2.05, 4.69) is 11.4 Å². The predicted molar refractivity (Wildman–Crippen MR) is 75.0 cm³/mol. The maximum atomic E-state index is 11.4. The van der Waals surface area contributed by atoms with Crippen molar-refractivity contribution >= 4 is 6.09 Å². The molecule has 0 bridgehead atoms. The van der Waals surface area contributed by atoms with Gasteiger partial charge in [-0.2, -0.15) is 5.26 Å². The fraction of sp³-hybridized carbons (Fsp3) is 0.467. The molecule has 0 aromatic heterocycles. The summed E-state index contributed by atoms with van der Waals surface area (Å²) >= 11 is 0. The van der Waals surface area contributed by atoms with Gasteiger partial charge in [0.2, 0.25) is 0 Å². The molecule has 0 unspecified atom stereocenters. The number of amides is 1. The molecule has 1 aliphatic heterocycles. The van der Waals surface area contributed by atoms with Crippen molar-refractivity contribution in [1.29, 1.82) is 5.26 Å². The van der Waals surface area contributed by atoms with Gasteiger partial charge in [-0.15, -0.1) is 0 Å². The summed E-state index contributed by atoms with van der Waals surface area (Å²) in [6.45, 7) is 2.20. The molecule has 5 heteroatoms. The van der Waals surface area contributed by atoms with E-state index >= 15 is 0 Å². The molecule has 0 saturated carbocycles. The predicted octanol–water partition coefficient (Wildman–Crippen LogP) is 1.88. The van der Waals surface area contributed by atoms with Gasteiger partial charge in [0, 0.05) is 25.7 Å². The Bertz CT molecular complexity index is 502. The number of hydrogen-bond donors (Lipinski definition) is 1. The molecule has 0 atom stereocenters. The molecule has 0 spiro atoms. The molecule has 1 N–H and O–H groups in total. The number of likely N-dealkylation sites (tertiary alicyclic amines) is 1. The number of carbonyl (C=O) groups excluding carboxylic acids is 1. The third kappa shape index (κ3) is 3.72. The van der Waals surface area contributed by atoms with Crippen molar-refractivity contribution in [1.82, 2.24) is 10.2 Å². The number of piperidine rings is 1. The zero-order valence-corrected chi connectivity index (χ0v) is 11.6. The number of ether oxygens (including phenoxy) is 1. The van der Waals surface area contributed by atoms with Gasteiger partial charge in [0.05, 0.1) is 18.7 Å². The van der Waals surface area contributed by atoms with E-state index in [9.17, 15) is 4.79 Å². The number of nitrogens with zero attached hydrogens (tertiary/aromatic N) is 2. The summed E-state index contributed by atoms with van der Waals surface area (Å²) in [6, 6.07) is 10.2. The maximum Gasteiger partial charge on any atom is 0.409 e. The second-order valence-electron chi connectivity index (χ2n) is 4.92. The minimum atomic E-state index is -0.245. The van der Waals surface area contributed by atoms with Crippen LogP contribution in [0, 0.1) is 11.3 Å². The summed E-state index contributed by atoms with van der Waals surface area (Å²) in [6.07, 6.45) is 1.60. The Kier molecular flexibility index (Phi) is 4.97. The standard InChI is InChI=1S/C15H19N3O2/c1-20-15(19)18-7-5-14(6-8-18)17-11-13-4-2-3-12(9-13)10-16/h2-4,9,14,17H,5-8,11H2,1H3. The molecular weight excluding hydrogens is 254 g/mol. The molecule has 5 nitrogen and oxygen atoms in total. The van der Waals surface area contributed by atoms with E-state index < -0.39 is 0 Å². The lowest BCUT2D eigenvalue weighted by atomic mass is 10.0. The van der Waals surface area contributed by atoms with Gasteiger partial charge in [0.15, 0.2) is 0 Å². The molecule has 1 heterocycles. The third-order valence-electron chi connectivity index (χ3n) is 3.58. The number of rotatable bonds is 3. The normalized spacial score (nSPS) is 15.7. The van der Waals surface area contributed by atoms with Crippen molar-refractivity contribution in [2.75, 3.05) is 20.2 Å². The van der Waals surface area contributed by atoms with Crippen LogP contribution in [0.4, 0.5) is 4.79 Å². The summed E-state index contributed by atoms with van der Waals surface area (Å²) in [5.74, 6) is 0. The van der Waals surface area contributed by atoms with E-state index in [0.717, 1.165) is 38.0 Å². The van der Waals surface area contributed by atoms with E-state index in [0.29, 0.717) is 11.6 Å². The first-order chi connectivity index (χ1) is 9.72. The molecule has 0 aliphatic carbocycles. The van der Waals surface area contributed by atoms with Gasteiger partial charge in [0.1, 0.15) is 0 Å². The van der Waals surface area contributed by atoms with Gasteiger partial charge in [-0.1, -0.05) is 12.1 Å². The zero-order chi connectivity index (χ0) is 14.4. The molecule has 20 heavy (non-hydrogen) atoms. The smallest absolute Gasteiger partial charge is 0.409 e. The van der Waals surface area contributed by atoms with Crippen LogP contribution < -0.4 is 5.32 Å². The minimum absolute atomic E-state index is 0.245. The van der Waals surface area contributed by atoms with E-state index in [1.165, 1.54) is 7.11 Å². The van der Waals surface area contributed by atoms with Crippen molar-refractivity contribution in [3.8, 4) is 6.07 Å². The van der Waals surface area contributed by atoms with Gasteiger partial charge >= 0.3 is 6.09 Å². The summed E-state index contributed by atoms with van der Waals surface area (Å²) in [5.41, 5.74) is 1.80. The minimum Gasteiger partial charge on any atom is -0.453 e. The maximum absolute atomic E-state index is 11.4. The second kappa shape index (κ2) is 6.92. The molecule has 106 valence electrons. The largest absolute Gasteiger partial charge is 0.453 e. The average molecular weight is 273 g/mol. The highest BCUT2D eigenvalue weighted by Crippen LogP contribution is 2.12. The van der Waals surface area contributed by atoms with Crippen LogP contribution in [0.25, 0.3) is 0 Å². The number of nitrogens with one attached hydrogen (secondary N) is 1. The number of hydrogen-bond acceptors (Lipinski definition) is 4. The quantitative estimate of drug-likeness (QED) is 0.913. The van der Waals surface area contributed by atoms with Gasteiger partial charge in [-0.3, -0.25) is 0 Å². The fourth-order valence-electron chi connectivity index (χ4n) is 2.41. The van der Waals surface area contributed by atoms with E-state index in [1.54, 1.807) is 11.0 Å². The van der Waals surface area contributed by atoms with Gasteiger partial charge in [-0.25, -0.2) is 4.79 Å². The van der Waals surface area contributed by atoms with Crippen LogP contribution in [-0.2, 0) is 11.3 Å². The van der Waals surface area contributed by atoms with Crippen molar-refractivity contribution in [2.45, 2.75) is 25.4 Å². The average Bonchev–Trinajstić information content (AvgIpc) is 2.53. The summed E-state index contributed by atoms with van der Waals surface area (Å²) < 4.78 is 4.72. The zero-order valence-electron chi connectivity index (χ0n) is 11.6. The first-order valence-corrected chi connectivity index (χ1v) is 6.78. The van der Waals surface area contributed by atoms with E-state index in [-0.39, 0.29) is 6.09 Å². The van der Waals surface area contributed by atoms with Gasteiger partial charge in [0.25, 0.3) is 0 Å². The molecular formula is C15H19N3O2. The topological polar surface area (TPSA) is 65.4 Å². The highest BCUT2D eigenvalue weighted by Gasteiger charge is 2.22. The van der Waals surface area contributed by atoms with Gasteiger partial charge < -0.3 is 15.0 Å². The Labute approximate surface area is 119 Å². The number of methoxy groups -OCH3 is 1. The molecule has 2 rings (SSSR count). The molecule has 1 fully saturated rings. The lowest BCUT2D eigenvalue weighted by Crippen LogP contribution is -2.44. The second-order valence-corrected chi connectivity index (χ2v) is 4.92. The number of carbonyl (C=O) groups is 1. The molecule has 1 aliphatic rings. The van der Waals surface area contributed by atoms with Crippen molar-refractivity contribution in [2.24, 2.45) is 0 Å². The third-order valence-corrected chi connectivity index (χ3v) is 3.58. The van der Waals surface area contributed by atoms with Gasteiger partial charge in [-0.05, 0) is 30.5 Å². The van der Waals surface area contributed by atoms with E-state index in [1.807, 2.05) is 18.2 Å². The first-order valence-electron chi connectivity index (χ1n) is 6.78. The van der Waals surface area contributed by atoms with Crippen LogP contribution in [0.5, 0.6) is 0 Å². The lowest BCUT2D eigenvalue weighted by molar-refractivity contribution is 0.109. The Morgan fingerprint density at radius 3 is 2.90 bits per heavy atom. The molecule has 1 saturated heterocycles. The van der Waals surface area contributed by atoms with Crippen LogP contribution in [0.1, 0.15) is 24.0 Å². The number of nitriles is 1. The number of benzene rings is 1. The Morgan fingerprint density at radius 2 is 2.25 bits per heavy atom. The summed E-state index contributed by atoms with van der Waals surface area (Å²) in [7, 11) is 1.41. The Morgan fingerprint density at radius 1 is 1.50 bits per heavy atom. The Balaban J connectivity index is 1.79. The van der Waals surface area contributed by atoms with E-state index in [4.69, 9.17) is 10.00 Å². The lowest BCUT2D eigenvalue weighted by Gasteiger charge is -2.31. The summed E-state index contributed by atoms with van der Waals surface area (Å²) in [4.78, 5) is 13.1. The molecule has 0 radical (unpaired) electrons. The fourth-order valence-corrected chi connectivity index (χ4v) is 2.41. The van der Waals surface area contributed by atoms with Crippen LogP contribution in [0.15, 0.2) is 24.3 Å². The first kappa shape index (κ1) is 14.4. The van der Waals surface area contributed by atoms with Crippen LogP contribution in [-0.4, -0.2) is 37.2 Å². The van der Waals surface area contributed by atoms with Crippen LogP contribution in [0.3, 0.4) is 0 Å². The van der Waals surface area contributed by atoms with Crippen LogP contribution in [0.2, 0.25) is 0 Å². The van der Waals surface area contributed by atoms with Crippen molar-refractivity contribution in [3.63, 3.8) is 0 Å². The molecule has 1 aromatic carbocycles. The van der Waals surface area contributed by atoms with Crippen molar-refractivity contribution < 1.29 is 9.53 Å².